The standard InChI is InChI=1S/C17H15NO2/c1-18-11-10-14-15(17(18)19)8-5-9-16(14)20-12-13-6-3-2-4-7-13/h2-11H,12H2,1H3. The monoisotopic (exact) mass is 265 g/mol. The Morgan fingerprint density at radius 1 is 0.950 bits per heavy atom. The average molecular weight is 265 g/mol. The lowest BCUT2D eigenvalue weighted by atomic mass is 10.1. The van der Waals surface area contributed by atoms with Gasteiger partial charge in [0.15, 0.2) is 0 Å². The summed E-state index contributed by atoms with van der Waals surface area (Å²) in [7, 11) is 1.75. The van der Waals surface area contributed by atoms with Crippen LogP contribution >= 0.6 is 0 Å². The third kappa shape index (κ3) is 2.30. The van der Waals surface area contributed by atoms with E-state index in [9.17, 15) is 4.79 Å². The molecule has 0 saturated carbocycles. The smallest absolute Gasteiger partial charge is 0.258 e. The number of pyridine rings is 1. The average Bonchev–Trinajstić information content (AvgIpc) is 2.50. The molecule has 3 nitrogen and oxygen atoms in total. The van der Waals surface area contributed by atoms with Crippen molar-refractivity contribution >= 4 is 10.8 Å². The molecule has 0 aliphatic carbocycles. The zero-order valence-corrected chi connectivity index (χ0v) is 11.2. The molecule has 0 spiro atoms. The predicted octanol–water partition coefficient (Wildman–Crippen LogP) is 3.12. The van der Waals surface area contributed by atoms with Crippen LogP contribution in [0.2, 0.25) is 0 Å². The quantitative estimate of drug-likeness (QED) is 0.728. The Kier molecular flexibility index (Phi) is 3.25. The maximum Gasteiger partial charge on any atom is 0.258 e. The van der Waals surface area contributed by atoms with E-state index in [-0.39, 0.29) is 5.56 Å². The van der Waals surface area contributed by atoms with Gasteiger partial charge in [0.05, 0.1) is 5.39 Å². The van der Waals surface area contributed by atoms with Crippen molar-refractivity contribution in [3.05, 3.63) is 76.7 Å². The fourth-order valence-corrected chi connectivity index (χ4v) is 2.21. The predicted molar refractivity (Wildman–Crippen MR) is 80.0 cm³/mol. The molecule has 3 aromatic rings. The first kappa shape index (κ1) is 12.5. The molecule has 0 saturated heterocycles. The van der Waals surface area contributed by atoms with E-state index in [1.165, 1.54) is 0 Å². The summed E-state index contributed by atoms with van der Waals surface area (Å²) in [6, 6.07) is 17.5. The summed E-state index contributed by atoms with van der Waals surface area (Å²) < 4.78 is 7.42. The van der Waals surface area contributed by atoms with Crippen LogP contribution in [-0.4, -0.2) is 4.57 Å². The lowest BCUT2D eigenvalue weighted by Crippen LogP contribution is -2.15. The normalized spacial score (nSPS) is 10.7. The van der Waals surface area contributed by atoms with Crippen molar-refractivity contribution in [2.45, 2.75) is 6.61 Å². The molecule has 0 radical (unpaired) electrons. The zero-order valence-electron chi connectivity index (χ0n) is 11.2. The van der Waals surface area contributed by atoms with Crippen LogP contribution in [0, 0.1) is 0 Å². The van der Waals surface area contributed by atoms with Gasteiger partial charge in [0.2, 0.25) is 0 Å². The third-order valence-corrected chi connectivity index (χ3v) is 3.32. The first-order valence-electron chi connectivity index (χ1n) is 6.51. The van der Waals surface area contributed by atoms with Crippen LogP contribution in [0.15, 0.2) is 65.6 Å². The molecule has 2 aromatic carbocycles. The molecule has 3 heteroatoms. The maximum atomic E-state index is 12.1. The van der Waals surface area contributed by atoms with E-state index in [0.717, 1.165) is 16.7 Å². The van der Waals surface area contributed by atoms with Gasteiger partial charge in [-0.15, -0.1) is 0 Å². The summed E-state index contributed by atoms with van der Waals surface area (Å²) in [4.78, 5) is 12.1. The topological polar surface area (TPSA) is 31.2 Å². The summed E-state index contributed by atoms with van der Waals surface area (Å²) in [5.74, 6) is 0.740. The number of nitrogens with zero attached hydrogens (tertiary/aromatic N) is 1. The van der Waals surface area contributed by atoms with E-state index in [2.05, 4.69) is 0 Å². The van der Waals surface area contributed by atoms with Gasteiger partial charge < -0.3 is 9.30 Å². The van der Waals surface area contributed by atoms with Gasteiger partial charge in [0, 0.05) is 18.6 Å². The van der Waals surface area contributed by atoms with Crippen molar-refractivity contribution in [2.24, 2.45) is 7.05 Å². The number of rotatable bonds is 3. The van der Waals surface area contributed by atoms with E-state index >= 15 is 0 Å². The van der Waals surface area contributed by atoms with Crippen LogP contribution in [0.5, 0.6) is 5.75 Å². The second kappa shape index (κ2) is 5.21. The number of fused-ring (bicyclic) bond motifs is 1. The molecule has 100 valence electrons. The Labute approximate surface area is 117 Å². The highest BCUT2D eigenvalue weighted by Gasteiger charge is 2.06. The van der Waals surface area contributed by atoms with Gasteiger partial charge >= 0.3 is 0 Å². The largest absolute Gasteiger partial charge is 0.488 e. The van der Waals surface area contributed by atoms with Gasteiger partial charge in [0.1, 0.15) is 12.4 Å². The lowest BCUT2D eigenvalue weighted by Gasteiger charge is -2.10. The van der Waals surface area contributed by atoms with Crippen molar-refractivity contribution in [3.63, 3.8) is 0 Å². The van der Waals surface area contributed by atoms with Crippen LogP contribution in [-0.2, 0) is 13.7 Å². The van der Waals surface area contributed by atoms with Gasteiger partial charge in [-0.2, -0.15) is 0 Å². The van der Waals surface area contributed by atoms with E-state index in [0.29, 0.717) is 12.0 Å². The van der Waals surface area contributed by atoms with Crippen LogP contribution < -0.4 is 10.3 Å². The van der Waals surface area contributed by atoms with Crippen LogP contribution in [0.25, 0.3) is 10.8 Å². The summed E-state index contributed by atoms with van der Waals surface area (Å²) in [5, 5.41) is 1.53. The number of hydrogen-bond acceptors (Lipinski definition) is 2. The van der Waals surface area contributed by atoms with Crippen LogP contribution in [0.4, 0.5) is 0 Å². The van der Waals surface area contributed by atoms with E-state index in [4.69, 9.17) is 4.74 Å². The molecule has 1 aromatic heterocycles. The molecule has 0 bridgehead atoms. The highest BCUT2D eigenvalue weighted by molar-refractivity contribution is 5.87. The molecule has 0 unspecified atom stereocenters. The molecule has 0 fully saturated rings. The van der Waals surface area contributed by atoms with Gasteiger partial charge in [-0.3, -0.25) is 4.79 Å². The number of aryl methyl sites for hydroxylation is 1. The molecule has 0 aliphatic heterocycles. The van der Waals surface area contributed by atoms with Crippen molar-refractivity contribution in [1.82, 2.24) is 4.57 Å². The fraction of sp³-hybridized carbons (Fsp3) is 0.118. The Morgan fingerprint density at radius 3 is 2.55 bits per heavy atom. The highest BCUT2D eigenvalue weighted by atomic mass is 16.5. The lowest BCUT2D eigenvalue weighted by molar-refractivity contribution is 0.310. The SMILES string of the molecule is Cn1ccc2c(OCc3ccccc3)cccc2c1=O. The molecule has 0 amide bonds. The number of ether oxygens (including phenoxy) is 1. The van der Waals surface area contributed by atoms with Crippen molar-refractivity contribution < 1.29 is 4.74 Å². The second-order valence-electron chi connectivity index (χ2n) is 4.72. The first-order chi connectivity index (χ1) is 9.75. The van der Waals surface area contributed by atoms with E-state index in [1.54, 1.807) is 17.8 Å². The minimum Gasteiger partial charge on any atom is -0.488 e. The van der Waals surface area contributed by atoms with Crippen LogP contribution in [0.1, 0.15) is 5.56 Å². The van der Waals surface area contributed by atoms with Gasteiger partial charge in [-0.25, -0.2) is 0 Å². The Hall–Kier alpha value is -2.55. The molecule has 3 rings (SSSR count). The fourth-order valence-electron chi connectivity index (χ4n) is 2.21. The molecule has 0 aliphatic rings. The third-order valence-electron chi connectivity index (χ3n) is 3.32. The summed E-state index contributed by atoms with van der Waals surface area (Å²) in [6.07, 6.45) is 1.76. The zero-order chi connectivity index (χ0) is 13.9. The maximum absolute atomic E-state index is 12.1. The van der Waals surface area contributed by atoms with Crippen LogP contribution in [0.3, 0.4) is 0 Å². The minimum atomic E-state index is -0.00680. The molecule has 1 heterocycles. The Bertz CT molecular complexity index is 791. The van der Waals surface area contributed by atoms with Crippen molar-refractivity contribution in [1.29, 1.82) is 0 Å². The Balaban J connectivity index is 1.96. The molecule has 20 heavy (non-hydrogen) atoms. The first-order valence-corrected chi connectivity index (χ1v) is 6.51. The number of aromatic nitrogens is 1. The molecular weight excluding hydrogens is 250 g/mol. The van der Waals surface area contributed by atoms with Gasteiger partial charge in [0.25, 0.3) is 5.56 Å². The van der Waals surface area contributed by atoms with Crippen molar-refractivity contribution in [2.75, 3.05) is 0 Å². The second-order valence-corrected chi connectivity index (χ2v) is 4.72. The minimum absolute atomic E-state index is 0.00680. The van der Waals surface area contributed by atoms with E-state index in [1.807, 2.05) is 54.6 Å². The van der Waals surface area contributed by atoms with Gasteiger partial charge in [-0.05, 0) is 23.8 Å². The molecular formula is C17H15NO2. The molecule has 0 atom stereocenters. The molecule has 0 N–H and O–H groups in total. The van der Waals surface area contributed by atoms with Gasteiger partial charge in [-0.1, -0.05) is 36.4 Å². The van der Waals surface area contributed by atoms with E-state index < -0.39 is 0 Å². The summed E-state index contributed by atoms with van der Waals surface area (Å²) in [5.41, 5.74) is 1.10. The summed E-state index contributed by atoms with van der Waals surface area (Å²) >= 11 is 0. The highest BCUT2D eigenvalue weighted by Crippen LogP contribution is 2.23. The number of hydrogen-bond donors (Lipinski definition) is 0. The van der Waals surface area contributed by atoms with Crippen molar-refractivity contribution in [3.8, 4) is 5.75 Å². The number of benzene rings is 2. The Morgan fingerprint density at radius 2 is 1.75 bits per heavy atom. The summed E-state index contributed by atoms with van der Waals surface area (Å²) in [6.45, 7) is 0.495.